The average molecular weight is 367 g/mol. The zero-order chi connectivity index (χ0) is 18.2. The summed E-state index contributed by atoms with van der Waals surface area (Å²) in [5.74, 6) is -0.677. The Kier molecular flexibility index (Phi) is 4.76. The Labute approximate surface area is 146 Å². The number of hydrogen-bond donors (Lipinski definition) is 1. The highest BCUT2D eigenvalue weighted by Gasteiger charge is 2.34. The number of ether oxygens (including phenoxy) is 1. The third-order valence-corrected chi connectivity index (χ3v) is 6.36. The molecule has 3 rings (SSSR count). The zero-order valence-electron chi connectivity index (χ0n) is 14.3. The number of amides is 1. The minimum atomic E-state index is -3.37. The van der Waals surface area contributed by atoms with Gasteiger partial charge < -0.3 is 10.1 Å². The van der Waals surface area contributed by atoms with Crippen LogP contribution in [0.15, 0.2) is 18.5 Å². The molecule has 0 radical (unpaired) electrons. The number of nitrogens with one attached hydrogen (secondary N) is 1. The zero-order valence-corrected chi connectivity index (χ0v) is 15.2. The molecule has 0 bridgehead atoms. The minimum Gasteiger partial charge on any atom is -0.379 e. The summed E-state index contributed by atoms with van der Waals surface area (Å²) in [5, 5.41) is 7.02. The molecule has 0 unspecified atom stereocenters. The van der Waals surface area contributed by atoms with Gasteiger partial charge in [0, 0.05) is 32.3 Å². The Morgan fingerprint density at radius 3 is 2.92 bits per heavy atom. The fraction of sp³-hybridized carbons (Fsp3) is 0.533. The van der Waals surface area contributed by atoms with E-state index in [0.29, 0.717) is 23.5 Å². The molecule has 10 heteroatoms. The Bertz CT molecular complexity index is 892. The lowest BCUT2D eigenvalue weighted by Crippen LogP contribution is -2.43. The van der Waals surface area contributed by atoms with Crippen molar-refractivity contribution in [2.75, 3.05) is 33.1 Å². The monoisotopic (exact) mass is 367 g/mol. The van der Waals surface area contributed by atoms with Gasteiger partial charge in [0.2, 0.25) is 10.0 Å². The quantitative estimate of drug-likeness (QED) is 0.776. The predicted molar refractivity (Wildman–Crippen MR) is 90.8 cm³/mol. The van der Waals surface area contributed by atoms with Gasteiger partial charge in [0.25, 0.3) is 5.91 Å². The summed E-state index contributed by atoms with van der Waals surface area (Å²) >= 11 is 0. The molecule has 2 aromatic heterocycles. The third kappa shape index (κ3) is 3.51. The van der Waals surface area contributed by atoms with E-state index in [4.69, 9.17) is 4.74 Å². The van der Waals surface area contributed by atoms with Gasteiger partial charge in [-0.2, -0.15) is 5.10 Å². The third-order valence-electron chi connectivity index (χ3n) is 4.40. The van der Waals surface area contributed by atoms with Crippen LogP contribution in [-0.4, -0.2) is 72.3 Å². The highest BCUT2D eigenvalue weighted by atomic mass is 32.2. The van der Waals surface area contributed by atoms with E-state index in [0.717, 1.165) is 0 Å². The molecule has 3 heterocycles. The van der Waals surface area contributed by atoms with E-state index in [2.05, 4.69) is 15.4 Å². The first-order valence-corrected chi connectivity index (χ1v) is 9.48. The molecule has 0 saturated carbocycles. The van der Waals surface area contributed by atoms with Crippen LogP contribution >= 0.6 is 0 Å². The van der Waals surface area contributed by atoms with Crippen molar-refractivity contribution < 1.29 is 17.9 Å². The lowest BCUT2D eigenvalue weighted by Gasteiger charge is -2.21. The molecule has 136 valence electrons. The second kappa shape index (κ2) is 6.70. The van der Waals surface area contributed by atoms with Gasteiger partial charge in [-0.05, 0) is 6.92 Å². The molecule has 0 aromatic carbocycles. The van der Waals surface area contributed by atoms with Crippen LogP contribution in [0.3, 0.4) is 0 Å². The highest BCUT2D eigenvalue weighted by molar-refractivity contribution is 7.89. The molecule has 1 aliphatic rings. The molecule has 2 aromatic rings. The Balaban J connectivity index is 1.76. The molecule has 0 aliphatic carbocycles. The van der Waals surface area contributed by atoms with Gasteiger partial charge in [0.15, 0.2) is 5.65 Å². The van der Waals surface area contributed by atoms with Gasteiger partial charge in [-0.15, -0.1) is 0 Å². The second-order valence-corrected chi connectivity index (χ2v) is 8.52. The van der Waals surface area contributed by atoms with Crippen molar-refractivity contribution in [1.82, 2.24) is 24.2 Å². The molecule has 1 saturated heterocycles. The van der Waals surface area contributed by atoms with Crippen LogP contribution in [0.2, 0.25) is 0 Å². The van der Waals surface area contributed by atoms with E-state index in [-0.39, 0.29) is 30.2 Å². The van der Waals surface area contributed by atoms with Crippen LogP contribution in [0.25, 0.3) is 5.65 Å². The molecule has 1 amide bonds. The number of carbonyl (C=O) groups is 1. The number of hydrogen-bond acceptors (Lipinski definition) is 6. The van der Waals surface area contributed by atoms with Gasteiger partial charge in [-0.25, -0.2) is 22.2 Å². The smallest absolute Gasteiger partial charge is 0.255 e. The van der Waals surface area contributed by atoms with Crippen molar-refractivity contribution in [2.24, 2.45) is 5.92 Å². The predicted octanol–water partition coefficient (Wildman–Crippen LogP) is -0.326. The number of sulfonamides is 1. The number of fused-ring (bicyclic) bond motifs is 1. The first-order chi connectivity index (χ1) is 11.8. The van der Waals surface area contributed by atoms with Crippen molar-refractivity contribution in [3.8, 4) is 0 Å². The Morgan fingerprint density at radius 1 is 1.44 bits per heavy atom. The summed E-state index contributed by atoms with van der Waals surface area (Å²) in [7, 11) is -0.383. The van der Waals surface area contributed by atoms with Crippen LogP contribution in [-0.2, 0) is 14.8 Å². The van der Waals surface area contributed by atoms with Crippen LogP contribution in [0.1, 0.15) is 16.1 Å². The maximum absolute atomic E-state index is 12.6. The van der Waals surface area contributed by atoms with E-state index in [1.807, 2.05) is 0 Å². The second-order valence-electron chi connectivity index (χ2n) is 6.30. The highest BCUT2D eigenvalue weighted by Crippen LogP contribution is 2.18. The largest absolute Gasteiger partial charge is 0.379 e. The molecular formula is C15H21N5O4S. The standard InChI is InChI=1S/C15H21N5O4S/c1-10-12(6-16-14-4-5-17-20(10)14)15(21)18-13-8-24-7-11(13)9-25(22,23)19(2)3/h4-6,11,13H,7-9H2,1-3H3,(H,18,21)/t11-,13-/m0/s1. The van der Waals surface area contributed by atoms with Crippen molar-refractivity contribution in [1.29, 1.82) is 0 Å². The summed E-state index contributed by atoms with van der Waals surface area (Å²) in [6.45, 7) is 2.37. The molecule has 1 fully saturated rings. The number of rotatable bonds is 5. The van der Waals surface area contributed by atoms with Gasteiger partial charge >= 0.3 is 0 Å². The molecule has 2 atom stereocenters. The van der Waals surface area contributed by atoms with Crippen LogP contribution in [0.5, 0.6) is 0 Å². The lowest BCUT2D eigenvalue weighted by atomic mass is 10.1. The van der Waals surface area contributed by atoms with Gasteiger partial charge in [0.1, 0.15) is 0 Å². The first kappa shape index (κ1) is 17.8. The average Bonchev–Trinajstić information content (AvgIpc) is 3.17. The van der Waals surface area contributed by atoms with Gasteiger partial charge in [-0.1, -0.05) is 0 Å². The summed E-state index contributed by atoms with van der Waals surface area (Å²) in [5.41, 5.74) is 1.73. The number of carbonyl (C=O) groups excluding carboxylic acids is 1. The number of aryl methyl sites for hydroxylation is 1. The molecule has 9 nitrogen and oxygen atoms in total. The van der Waals surface area contributed by atoms with Crippen molar-refractivity contribution in [3.63, 3.8) is 0 Å². The van der Waals surface area contributed by atoms with E-state index < -0.39 is 10.0 Å². The number of nitrogens with zero attached hydrogens (tertiary/aromatic N) is 4. The van der Waals surface area contributed by atoms with Crippen molar-refractivity contribution >= 4 is 21.6 Å². The van der Waals surface area contributed by atoms with E-state index >= 15 is 0 Å². The van der Waals surface area contributed by atoms with Crippen LogP contribution < -0.4 is 5.32 Å². The lowest BCUT2D eigenvalue weighted by molar-refractivity contribution is 0.0924. The fourth-order valence-corrected chi connectivity index (χ4v) is 3.97. The topological polar surface area (TPSA) is 106 Å². The van der Waals surface area contributed by atoms with Gasteiger partial charge in [-0.3, -0.25) is 4.79 Å². The maximum Gasteiger partial charge on any atom is 0.255 e. The summed E-state index contributed by atoms with van der Waals surface area (Å²) in [6.07, 6.45) is 3.12. The summed E-state index contributed by atoms with van der Waals surface area (Å²) in [6, 6.07) is 1.39. The molecule has 25 heavy (non-hydrogen) atoms. The minimum absolute atomic E-state index is 0.0691. The van der Waals surface area contributed by atoms with Crippen molar-refractivity contribution in [2.45, 2.75) is 13.0 Å². The molecular weight excluding hydrogens is 346 g/mol. The van der Waals surface area contributed by atoms with Crippen molar-refractivity contribution in [3.05, 3.63) is 29.7 Å². The maximum atomic E-state index is 12.6. The Hall–Kier alpha value is -2.04. The SMILES string of the molecule is Cc1c(C(=O)N[C@H]2COC[C@H]2CS(=O)(=O)N(C)C)cnc2ccnn12. The van der Waals surface area contributed by atoms with Crippen LogP contribution in [0.4, 0.5) is 0 Å². The fourth-order valence-electron chi connectivity index (χ4n) is 2.80. The Morgan fingerprint density at radius 2 is 2.20 bits per heavy atom. The molecule has 0 spiro atoms. The number of aromatic nitrogens is 3. The molecule has 1 N–H and O–H groups in total. The van der Waals surface area contributed by atoms with Crippen LogP contribution in [0, 0.1) is 12.8 Å². The van der Waals surface area contributed by atoms with E-state index in [1.54, 1.807) is 23.7 Å². The summed E-state index contributed by atoms with van der Waals surface area (Å²) in [4.78, 5) is 16.8. The summed E-state index contributed by atoms with van der Waals surface area (Å²) < 4.78 is 32.4. The van der Waals surface area contributed by atoms with Gasteiger partial charge in [0.05, 0.1) is 42.5 Å². The molecule has 1 aliphatic heterocycles. The van der Waals surface area contributed by atoms with E-state index in [9.17, 15) is 13.2 Å². The van der Waals surface area contributed by atoms with E-state index in [1.165, 1.54) is 24.6 Å². The first-order valence-electron chi connectivity index (χ1n) is 7.88. The normalized spacial score (nSPS) is 21.1.